The van der Waals surface area contributed by atoms with Crippen LogP contribution in [0.3, 0.4) is 0 Å². The highest BCUT2D eigenvalue weighted by Crippen LogP contribution is 2.28. The zero-order chi connectivity index (χ0) is 15.2. The monoisotopic (exact) mass is 282 g/mol. The molecule has 1 aliphatic rings. The quantitative estimate of drug-likeness (QED) is 0.862. The van der Waals surface area contributed by atoms with Crippen molar-refractivity contribution in [3.8, 4) is 6.07 Å². The van der Waals surface area contributed by atoms with Gasteiger partial charge >= 0.3 is 0 Å². The van der Waals surface area contributed by atoms with Crippen LogP contribution in [0.15, 0.2) is 30.3 Å². The first kappa shape index (κ1) is 15.3. The van der Waals surface area contributed by atoms with Crippen LogP contribution in [0.2, 0.25) is 0 Å². The van der Waals surface area contributed by atoms with E-state index >= 15 is 0 Å². The van der Waals surface area contributed by atoms with E-state index < -0.39 is 0 Å². The molecule has 0 saturated heterocycles. The maximum Gasteiger partial charge on any atom is 0.244 e. The van der Waals surface area contributed by atoms with E-state index in [4.69, 9.17) is 5.26 Å². The molecule has 0 heterocycles. The number of nitrogens with one attached hydrogen (secondary N) is 1. The summed E-state index contributed by atoms with van der Waals surface area (Å²) in [5.41, 5.74) is 1.47. The molecule has 3 nitrogen and oxygen atoms in total. The highest BCUT2D eigenvalue weighted by atomic mass is 16.1. The van der Waals surface area contributed by atoms with Gasteiger partial charge in [-0.15, -0.1) is 0 Å². The van der Waals surface area contributed by atoms with Gasteiger partial charge in [0.15, 0.2) is 0 Å². The van der Waals surface area contributed by atoms with Gasteiger partial charge in [0.25, 0.3) is 0 Å². The van der Waals surface area contributed by atoms with Crippen LogP contribution in [-0.2, 0) is 4.79 Å². The predicted molar refractivity (Wildman–Crippen MR) is 84.3 cm³/mol. The summed E-state index contributed by atoms with van der Waals surface area (Å²) in [6.07, 6.45) is 6.94. The van der Waals surface area contributed by atoms with Gasteiger partial charge in [-0.25, -0.2) is 0 Å². The molecule has 2 atom stereocenters. The summed E-state index contributed by atoms with van der Waals surface area (Å²) in [6, 6.07) is 9.60. The van der Waals surface area contributed by atoms with Gasteiger partial charge in [0, 0.05) is 12.1 Å². The Kier molecular flexibility index (Phi) is 5.16. The maximum absolute atomic E-state index is 12.1. The van der Waals surface area contributed by atoms with E-state index in [1.54, 1.807) is 24.3 Å². The first-order valence-corrected chi connectivity index (χ1v) is 7.59. The minimum Gasteiger partial charge on any atom is -0.349 e. The molecule has 0 bridgehead atoms. The molecule has 1 fully saturated rings. The summed E-state index contributed by atoms with van der Waals surface area (Å²) in [7, 11) is 0. The van der Waals surface area contributed by atoms with Gasteiger partial charge in [-0.3, -0.25) is 4.79 Å². The second-order valence-corrected chi connectivity index (χ2v) is 5.99. The zero-order valence-corrected chi connectivity index (χ0v) is 12.7. The predicted octanol–water partition coefficient (Wildman–Crippen LogP) is 3.51. The number of carbonyl (C=O) groups excluding carboxylic acids is 1. The fraction of sp³-hybridized carbons (Fsp3) is 0.444. The molecular weight excluding hydrogens is 260 g/mol. The number of nitrogens with zero attached hydrogens (tertiary/aromatic N) is 1. The third-order valence-electron chi connectivity index (χ3n) is 4.30. The molecule has 0 spiro atoms. The number of rotatable bonds is 3. The Hall–Kier alpha value is -2.08. The average Bonchev–Trinajstić information content (AvgIpc) is 2.49. The Labute approximate surface area is 126 Å². The summed E-state index contributed by atoms with van der Waals surface area (Å²) in [6.45, 7) is 4.42. The van der Waals surface area contributed by atoms with Gasteiger partial charge in [0.05, 0.1) is 11.6 Å². The minimum absolute atomic E-state index is 0.0528. The second-order valence-electron chi connectivity index (χ2n) is 5.99. The van der Waals surface area contributed by atoms with E-state index in [0.717, 1.165) is 5.56 Å². The molecule has 2 rings (SSSR count). The van der Waals surface area contributed by atoms with Gasteiger partial charge in [0.1, 0.15) is 0 Å². The van der Waals surface area contributed by atoms with E-state index in [2.05, 4.69) is 25.2 Å². The number of hydrogen-bond donors (Lipinski definition) is 1. The molecule has 1 amide bonds. The normalized spacial score (nSPS) is 25.5. The highest BCUT2D eigenvalue weighted by Gasteiger charge is 2.28. The molecule has 1 aromatic carbocycles. The van der Waals surface area contributed by atoms with Crippen molar-refractivity contribution in [1.29, 1.82) is 5.26 Å². The van der Waals surface area contributed by atoms with E-state index in [0.29, 0.717) is 17.4 Å². The molecule has 2 unspecified atom stereocenters. The summed E-state index contributed by atoms with van der Waals surface area (Å²) < 4.78 is 0. The number of benzene rings is 1. The molecule has 0 aromatic heterocycles. The van der Waals surface area contributed by atoms with Gasteiger partial charge in [-0.2, -0.15) is 5.26 Å². The Balaban J connectivity index is 1.97. The summed E-state index contributed by atoms with van der Waals surface area (Å²) >= 11 is 0. The third-order valence-corrected chi connectivity index (χ3v) is 4.30. The van der Waals surface area contributed by atoms with Crippen LogP contribution in [0.4, 0.5) is 0 Å². The van der Waals surface area contributed by atoms with Gasteiger partial charge in [-0.05, 0) is 48.4 Å². The van der Waals surface area contributed by atoms with E-state index in [-0.39, 0.29) is 11.9 Å². The van der Waals surface area contributed by atoms with Crippen molar-refractivity contribution in [3.63, 3.8) is 0 Å². The van der Waals surface area contributed by atoms with E-state index in [1.165, 1.54) is 19.3 Å². The largest absolute Gasteiger partial charge is 0.349 e. The molecule has 1 N–H and O–H groups in total. The topological polar surface area (TPSA) is 52.9 Å². The first-order valence-electron chi connectivity index (χ1n) is 7.59. The fourth-order valence-electron chi connectivity index (χ4n) is 3.06. The maximum atomic E-state index is 12.1. The van der Waals surface area contributed by atoms with Gasteiger partial charge < -0.3 is 5.32 Å². The fourth-order valence-corrected chi connectivity index (χ4v) is 3.06. The standard InChI is InChI=1S/C18H22N2O/c1-13-5-3-6-14(2)18(13)20-17(21)10-9-15-7-4-8-16(11-15)12-19/h4,7-11,13-14,18H,3,5-6H2,1-2H3,(H,20,21)/b10-9+. The van der Waals surface area contributed by atoms with Crippen molar-refractivity contribution in [2.75, 3.05) is 0 Å². The van der Waals surface area contributed by atoms with Crippen LogP contribution >= 0.6 is 0 Å². The average molecular weight is 282 g/mol. The van der Waals surface area contributed by atoms with Crippen molar-refractivity contribution in [2.45, 2.75) is 39.2 Å². The van der Waals surface area contributed by atoms with Crippen LogP contribution in [0, 0.1) is 23.2 Å². The first-order chi connectivity index (χ1) is 10.1. The van der Waals surface area contributed by atoms with Gasteiger partial charge in [0.2, 0.25) is 5.91 Å². The van der Waals surface area contributed by atoms with E-state index in [1.807, 2.05) is 12.1 Å². The van der Waals surface area contributed by atoms with Crippen LogP contribution < -0.4 is 5.32 Å². The molecule has 1 saturated carbocycles. The highest BCUT2D eigenvalue weighted by molar-refractivity contribution is 5.92. The lowest BCUT2D eigenvalue weighted by molar-refractivity contribution is -0.118. The Morgan fingerprint density at radius 1 is 1.33 bits per heavy atom. The Morgan fingerprint density at radius 2 is 2.05 bits per heavy atom. The number of hydrogen-bond acceptors (Lipinski definition) is 2. The van der Waals surface area contributed by atoms with Crippen LogP contribution in [0.25, 0.3) is 6.08 Å². The summed E-state index contributed by atoms with van der Waals surface area (Å²) in [5, 5.41) is 12.0. The number of nitriles is 1. The zero-order valence-electron chi connectivity index (χ0n) is 12.7. The van der Waals surface area contributed by atoms with Crippen molar-refractivity contribution in [3.05, 3.63) is 41.5 Å². The SMILES string of the molecule is CC1CCCC(C)C1NC(=O)/C=C/c1cccc(C#N)c1. The van der Waals surface area contributed by atoms with Crippen molar-refractivity contribution < 1.29 is 4.79 Å². The molecule has 21 heavy (non-hydrogen) atoms. The van der Waals surface area contributed by atoms with Crippen LogP contribution in [0.5, 0.6) is 0 Å². The number of carbonyl (C=O) groups is 1. The molecule has 0 aliphatic heterocycles. The molecular formula is C18H22N2O. The smallest absolute Gasteiger partial charge is 0.244 e. The Morgan fingerprint density at radius 3 is 2.71 bits per heavy atom. The minimum atomic E-state index is -0.0528. The summed E-state index contributed by atoms with van der Waals surface area (Å²) in [4.78, 5) is 12.1. The molecule has 1 aromatic rings. The molecule has 3 heteroatoms. The second kappa shape index (κ2) is 7.08. The Bertz CT molecular complexity index is 561. The van der Waals surface area contributed by atoms with Crippen molar-refractivity contribution in [2.24, 2.45) is 11.8 Å². The molecule has 110 valence electrons. The van der Waals surface area contributed by atoms with Crippen molar-refractivity contribution in [1.82, 2.24) is 5.32 Å². The van der Waals surface area contributed by atoms with Crippen LogP contribution in [-0.4, -0.2) is 11.9 Å². The van der Waals surface area contributed by atoms with Crippen LogP contribution in [0.1, 0.15) is 44.2 Å². The lowest BCUT2D eigenvalue weighted by Gasteiger charge is -2.34. The van der Waals surface area contributed by atoms with Gasteiger partial charge in [-0.1, -0.05) is 32.4 Å². The third kappa shape index (κ3) is 4.19. The van der Waals surface area contributed by atoms with Crippen molar-refractivity contribution >= 4 is 12.0 Å². The molecule has 1 aliphatic carbocycles. The summed E-state index contributed by atoms with van der Waals surface area (Å²) in [5.74, 6) is 1.02. The number of amides is 1. The van der Waals surface area contributed by atoms with E-state index in [9.17, 15) is 4.79 Å². The molecule has 0 radical (unpaired) electrons. The lowest BCUT2D eigenvalue weighted by Crippen LogP contribution is -2.45. The lowest BCUT2D eigenvalue weighted by atomic mass is 9.79.